The molecule has 1 amide bonds. The van der Waals surface area contributed by atoms with Crippen LogP contribution in [-0.2, 0) is 16.6 Å². The average molecular weight is 339 g/mol. The van der Waals surface area contributed by atoms with E-state index in [-0.39, 0.29) is 11.5 Å². The first-order valence-electron chi connectivity index (χ1n) is 7.51. The van der Waals surface area contributed by atoms with E-state index < -0.39 is 18.0 Å². The van der Waals surface area contributed by atoms with Gasteiger partial charge in [-0.25, -0.2) is 4.79 Å². The average Bonchev–Trinajstić information content (AvgIpc) is 2.97. The number of rotatable bonds is 5. The molecule has 25 heavy (non-hydrogen) atoms. The fourth-order valence-electron chi connectivity index (χ4n) is 2.14. The zero-order chi connectivity index (χ0) is 18.6. The second-order valence-electron chi connectivity index (χ2n) is 5.51. The van der Waals surface area contributed by atoms with Gasteiger partial charge in [0.15, 0.2) is 11.9 Å². The maximum Gasteiger partial charge on any atom is 0.355 e. The Kier molecular flexibility index (Phi) is 5.35. The van der Waals surface area contributed by atoms with Gasteiger partial charge in [0.2, 0.25) is 0 Å². The molecule has 0 spiro atoms. The van der Waals surface area contributed by atoms with E-state index in [0.717, 1.165) is 0 Å². The Morgan fingerprint density at radius 3 is 2.60 bits per heavy atom. The highest BCUT2D eigenvalue weighted by Crippen LogP contribution is 2.13. The molecule has 1 heterocycles. The molecule has 128 valence electrons. The molecule has 2 aromatic rings. The summed E-state index contributed by atoms with van der Waals surface area (Å²) in [6, 6.07) is 9.79. The smallest absolute Gasteiger partial charge is 0.355 e. The highest BCUT2D eigenvalue weighted by Gasteiger charge is 2.22. The number of aryl methyl sites for hydroxylation is 1. The number of hydrogen-bond acceptors (Lipinski definition) is 5. The second-order valence-corrected chi connectivity index (χ2v) is 5.51. The maximum absolute atomic E-state index is 12.2. The number of nitrogens with one attached hydrogen (secondary N) is 1. The van der Waals surface area contributed by atoms with Crippen LogP contribution in [0, 0.1) is 11.3 Å². The predicted molar refractivity (Wildman–Crippen MR) is 90.1 cm³/mol. The number of carbonyl (C=O) groups excluding carboxylic acids is 3. The van der Waals surface area contributed by atoms with Gasteiger partial charge in [0.25, 0.3) is 5.91 Å². The van der Waals surface area contributed by atoms with Gasteiger partial charge >= 0.3 is 5.97 Å². The fraction of sp³-hybridized carbons (Fsp3) is 0.222. The minimum absolute atomic E-state index is 0.169. The van der Waals surface area contributed by atoms with Gasteiger partial charge in [-0.15, -0.1) is 0 Å². The highest BCUT2D eigenvalue weighted by molar-refractivity contribution is 5.99. The summed E-state index contributed by atoms with van der Waals surface area (Å²) < 4.78 is 6.63. The monoisotopic (exact) mass is 339 g/mol. The molecule has 0 bridgehead atoms. The molecule has 7 heteroatoms. The van der Waals surface area contributed by atoms with Crippen molar-refractivity contribution in [1.29, 1.82) is 5.26 Å². The molecular formula is C18H17N3O4. The standard InChI is InChI=1S/C18H17N3O4/c1-11(22)14-8-16(21(3)10-14)18(24)25-12(2)17(23)20-15-6-4-5-13(7-15)9-19/h4-8,10,12H,1-3H3,(H,20,23)/t12-/m0/s1. The zero-order valence-corrected chi connectivity index (χ0v) is 14.1. The van der Waals surface area contributed by atoms with Gasteiger partial charge < -0.3 is 14.6 Å². The van der Waals surface area contributed by atoms with Crippen LogP contribution in [0.25, 0.3) is 0 Å². The van der Waals surface area contributed by atoms with Crippen molar-refractivity contribution in [2.24, 2.45) is 7.05 Å². The molecule has 1 N–H and O–H groups in total. The van der Waals surface area contributed by atoms with Gasteiger partial charge in [-0.05, 0) is 38.1 Å². The van der Waals surface area contributed by atoms with Crippen molar-refractivity contribution in [3.05, 3.63) is 53.3 Å². The number of amides is 1. The van der Waals surface area contributed by atoms with Crippen molar-refractivity contribution in [2.45, 2.75) is 20.0 Å². The largest absolute Gasteiger partial charge is 0.448 e. The van der Waals surface area contributed by atoms with Gasteiger partial charge in [-0.3, -0.25) is 9.59 Å². The number of hydrogen-bond donors (Lipinski definition) is 1. The van der Waals surface area contributed by atoms with Crippen LogP contribution in [0.15, 0.2) is 36.5 Å². The van der Waals surface area contributed by atoms with Crippen LogP contribution < -0.4 is 5.32 Å². The van der Waals surface area contributed by atoms with Crippen molar-refractivity contribution in [3.8, 4) is 6.07 Å². The normalized spacial score (nSPS) is 11.3. The van der Waals surface area contributed by atoms with E-state index in [1.807, 2.05) is 6.07 Å². The second kappa shape index (κ2) is 7.45. The SMILES string of the molecule is CC(=O)c1cc(C(=O)O[C@@H](C)C(=O)Nc2cccc(C#N)c2)n(C)c1. The van der Waals surface area contributed by atoms with Gasteiger partial charge in [0, 0.05) is 24.5 Å². The van der Waals surface area contributed by atoms with E-state index in [9.17, 15) is 14.4 Å². The molecule has 7 nitrogen and oxygen atoms in total. The molecule has 0 saturated heterocycles. The van der Waals surface area contributed by atoms with E-state index in [0.29, 0.717) is 16.8 Å². The van der Waals surface area contributed by atoms with Crippen molar-refractivity contribution in [1.82, 2.24) is 4.57 Å². The van der Waals surface area contributed by atoms with E-state index in [1.54, 1.807) is 25.2 Å². The third-order valence-electron chi connectivity index (χ3n) is 3.53. The number of benzene rings is 1. The topological polar surface area (TPSA) is 101 Å². The Bertz CT molecular complexity index is 877. The van der Waals surface area contributed by atoms with Crippen LogP contribution in [-0.4, -0.2) is 28.3 Å². The summed E-state index contributed by atoms with van der Waals surface area (Å²) in [6.45, 7) is 2.84. The summed E-state index contributed by atoms with van der Waals surface area (Å²) in [4.78, 5) is 35.7. The van der Waals surface area contributed by atoms with Gasteiger partial charge in [0.1, 0.15) is 5.69 Å². The van der Waals surface area contributed by atoms with Crippen LogP contribution in [0.5, 0.6) is 0 Å². The number of anilines is 1. The molecule has 0 saturated carbocycles. The Labute approximate surface area is 144 Å². The van der Waals surface area contributed by atoms with Crippen LogP contribution in [0.1, 0.15) is 40.3 Å². The summed E-state index contributed by atoms with van der Waals surface area (Å²) >= 11 is 0. The number of aromatic nitrogens is 1. The lowest BCUT2D eigenvalue weighted by atomic mass is 10.2. The van der Waals surface area contributed by atoms with Crippen LogP contribution in [0.2, 0.25) is 0 Å². The number of nitrogens with zero attached hydrogens (tertiary/aromatic N) is 2. The summed E-state index contributed by atoms with van der Waals surface area (Å²) in [6.07, 6.45) is 0.478. The molecule has 0 fully saturated rings. The molecule has 2 rings (SSSR count). The first kappa shape index (κ1) is 17.9. The summed E-state index contributed by atoms with van der Waals surface area (Å²) in [7, 11) is 1.61. The van der Waals surface area contributed by atoms with Crippen molar-refractivity contribution in [3.63, 3.8) is 0 Å². The Morgan fingerprint density at radius 1 is 1.28 bits per heavy atom. The Morgan fingerprint density at radius 2 is 2.00 bits per heavy atom. The first-order chi connectivity index (χ1) is 11.8. The third kappa shape index (κ3) is 4.32. The molecule has 1 aromatic heterocycles. The molecule has 0 aliphatic heterocycles. The van der Waals surface area contributed by atoms with Crippen LogP contribution in [0.4, 0.5) is 5.69 Å². The van der Waals surface area contributed by atoms with Crippen molar-refractivity contribution in [2.75, 3.05) is 5.32 Å². The zero-order valence-electron chi connectivity index (χ0n) is 14.1. The van der Waals surface area contributed by atoms with Crippen LogP contribution >= 0.6 is 0 Å². The van der Waals surface area contributed by atoms with Crippen molar-refractivity contribution < 1.29 is 19.1 Å². The lowest BCUT2D eigenvalue weighted by Crippen LogP contribution is -2.30. The third-order valence-corrected chi connectivity index (χ3v) is 3.53. The van der Waals surface area contributed by atoms with E-state index in [4.69, 9.17) is 10.00 Å². The molecule has 1 atom stereocenters. The Hall–Kier alpha value is -3.40. The number of nitriles is 1. The minimum atomic E-state index is -1.05. The number of carbonyl (C=O) groups is 3. The molecule has 0 aliphatic carbocycles. The van der Waals surface area contributed by atoms with Crippen LogP contribution in [0.3, 0.4) is 0 Å². The first-order valence-corrected chi connectivity index (χ1v) is 7.51. The van der Waals surface area contributed by atoms with Gasteiger partial charge in [0.05, 0.1) is 11.6 Å². The molecule has 0 aliphatic rings. The minimum Gasteiger partial charge on any atom is -0.448 e. The van der Waals surface area contributed by atoms with Gasteiger partial charge in [-0.2, -0.15) is 5.26 Å². The number of esters is 1. The number of ether oxygens (including phenoxy) is 1. The molecular weight excluding hydrogens is 322 g/mol. The number of ketones is 1. The fourth-order valence-corrected chi connectivity index (χ4v) is 2.14. The summed E-state index contributed by atoms with van der Waals surface area (Å²) in [5, 5.41) is 11.4. The number of Topliss-reactive ketones (excluding diaryl/α,β-unsaturated/α-hetero) is 1. The summed E-state index contributed by atoms with van der Waals surface area (Å²) in [5.74, 6) is -1.40. The maximum atomic E-state index is 12.2. The Balaban J connectivity index is 2.04. The summed E-state index contributed by atoms with van der Waals surface area (Å²) in [5.41, 5.74) is 1.41. The van der Waals surface area contributed by atoms with Crippen molar-refractivity contribution >= 4 is 23.3 Å². The highest BCUT2D eigenvalue weighted by atomic mass is 16.5. The van der Waals surface area contributed by atoms with E-state index in [1.165, 1.54) is 36.7 Å². The quantitative estimate of drug-likeness (QED) is 0.665. The molecule has 0 unspecified atom stereocenters. The molecule has 0 radical (unpaired) electrons. The molecule has 1 aromatic carbocycles. The van der Waals surface area contributed by atoms with E-state index in [2.05, 4.69) is 5.32 Å². The van der Waals surface area contributed by atoms with E-state index >= 15 is 0 Å². The lowest BCUT2D eigenvalue weighted by molar-refractivity contribution is -0.123. The predicted octanol–water partition coefficient (Wildman–Crippen LogP) is 2.28. The lowest BCUT2D eigenvalue weighted by Gasteiger charge is -2.14. The van der Waals surface area contributed by atoms with Gasteiger partial charge in [-0.1, -0.05) is 6.07 Å².